The molecule has 5 nitrogen and oxygen atoms in total. The van der Waals surface area contributed by atoms with E-state index in [1.165, 1.54) is 17.7 Å². The number of carbonyl (C=O) groups excluding carboxylic acids is 1. The van der Waals surface area contributed by atoms with Crippen molar-refractivity contribution in [1.82, 2.24) is 15.2 Å². The molecule has 3 heterocycles. The second-order valence-corrected chi connectivity index (χ2v) is 9.81. The van der Waals surface area contributed by atoms with Crippen molar-refractivity contribution in [2.75, 3.05) is 24.5 Å². The zero-order valence-electron chi connectivity index (χ0n) is 19.1. The lowest BCUT2D eigenvalue weighted by Gasteiger charge is -2.61. The van der Waals surface area contributed by atoms with Gasteiger partial charge in [0.2, 0.25) is 0 Å². The van der Waals surface area contributed by atoms with Crippen LogP contribution in [0, 0.1) is 11.2 Å². The topological polar surface area (TPSA) is 48.5 Å². The number of rotatable bonds is 4. The summed E-state index contributed by atoms with van der Waals surface area (Å²) in [6.07, 6.45) is 5.59. The Morgan fingerprint density at radius 3 is 2.59 bits per heavy atom. The molecule has 2 aromatic carbocycles. The number of likely N-dealkylation sites (tertiary alicyclic amines) is 1. The van der Waals surface area contributed by atoms with Gasteiger partial charge in [0.05, 0.1) is 12.1 Å². The van der Waals surface area contributed by atoms with Crippen LogP contribution >= 0.6 is 11.6 Å². The average Bonchev–Trinajstić information content (AvgIpc) is 2.84. The molecule has 2 atom stereocenters. The molecular weight excluding hydrogens is 451 g/mol. The Kier molecular flexibility index (Phi) is 6.17. The van der Waals surface area contributed by atoms with Gasteiger partial charge in [-0.3, -0.25) is 4.98 Å². The zero-order valence-corrected chi connectivity index (χ0v) is 19.9. The van der Waals surface area contributed by atoms with Crippen LogP contribution in [0.25, 0.3) is 0 Å². The molecule has 176 valence electrons. The van der Waals surface area contributed by atoms with Gasteiger partial charge in [-0.2, -0.15) is 0 Å². The van der Waals surface area contributed by atoms with Crippen molar-refractivity contribution in [1.29, 1.82) is 0 Å². The molecule has 2 saturated heterocycles. The lowest BCUT2D eigenvalue weighted by atomic mass is 9.63. The highest BCUT2D eigenvalue weighted by Gasteiger charge is 2.54. The summed E-state index contributed by atoms with van der Waals surface area (Å²) in [6.45, 7) is 4.24. The Balaban J connectivity index is 1.28. The van der Waals surface area contributed by atoms with E-state index < -0.39 is 0 Å². The Hall–Kier alpha value is -3.12. The summed E-state index contributed by atoms with van der Waals surface area (Å²) in [5.74, 6) is -0.279. The molecule has 5 rings (SSSR count). The normalized spacial score (nSPS) is 20.0. The third kappa shape index (κ3) is 4.34. The minimum atomic E-state index is -0.279. The number of carbonyl (C=O) groups is 1. The van der Waals surface area contributed by atoms with Gasteiger partial charge in [-0.25, -0.2) is 9.18 Å². The average molecular weight is 479 g/mol. The predicted molar refractivity (Wildman–Crippen MR) is 132 cm³/mol. The van der Waals surface area contributed by atoms with E-state index in [4.69, 9.17) is 11.6 Å². The molecule has 1 unspecified atom stereocenters. The molecule has 7 heteroatoms. The van der Waals surface area contributed by atoms with E-state index in [1.54, 1.807) is 18.3 Å². The molecular formula is C27H28ClFN4O. The minimum Gasteiger partial charge on any atom is -0.363 e. The minimum absolute atomic E-state index is 0.0735. The van der Waals surface area contributed by atoms with E-state index in [9.17, 15) is 9.18 Å². The highest BCUT2D eigenvalue weighted by atomic mass is 35.5. The van der Waals surface area contributed by atoms with Gasteiger partial charge in [-0.05, 0) is 67.3 Å². The first-order valence-corrected chi connectivity index (χ1v) is 12.1. The fourth-order valence-electron chi connectivity index (χ4n) is 5.40. The molecule has 0 saturated carbocycles. The van der Waals surface area contributed by atoms with Crippen LogP contribution in [-0.2, 0) is 0 Å². The maximum absolute atomic E-state index is 13.2. The smallest absolute Gasteiger partial charge is 0.317 e. The number of aromatic nitrogens is 1. The van der Waals surface area contributed by atoms with Crippen LogP contribution in [0.2, 0.25) is 5.02 Å². The van der Waals surface area contributed by atoms with Crippen molar-refractivity contribution in [2.45, 2.75) is 31.8 Å². The number of hydrogen-bond acceptors (Lipinski definition) is 3. The van der Waals surface area contributed by atoms with Crippen LogP contribution in [0.15, 0.2) is 73.1 Å². The number of amides is 2. The maximum atomic E-state index is 13.2. The molecule has 3 aromatic rings. The SMILES string of the molecule is C[C@@H](NC(=O)N1CCC2(CC1)CN(c1cccc(Cl)c1)C2c1cccnc1)c1ccc(F)cc1. The van der Waals surface area contributed by atoms with Crippen LogP contribution in [0.4, 0.5) is 14.9 Å². The molecule has 1 spiro atoms. The van der Waals surface area contributed by atoms with Crippen molar-refractivity contribution in [2.24, 2.45) is 5.41 Å². The largest absolute Gasteiger partial charge is 0.363 e. The zero-order chi connectivity index (χ0) is 23.7. The third-order valence-electron chi connectivity index (χ3n) is 7.27. The quantitative estimate of drug-likeness (QED) is 0.501. The van der Waals surface area contributed by atoms with E-state index in [2.05, 4.69) is 27.3 Å². The number of hydrogen-bond donors (Lipinski definition) is 1. The van der Waals surface area contributed by atoms with Gasteiger partial charge in [-0.1, -0.05) is 35.9 Å². The van der Waals surface area contributed by atoms with Gasteiger partial charge in [0, 0.05) is 48.2 Å². The Bertz CT molecular complexity index is 1150. The van der Waals surface area contributed by atoms with Gasteiger partial charge in [0.25, 0.3) is 0 Å². The van der Waals surface area contributed by atoms with E-state index in [1.807, 2.05) is 42.3 Å². The number of piperidine rings is 1. The van der Waals surface area contributed by atoms with Gasteiger partial charge in [-0.15, -0.1) is 0 Å². The maximum Gasteiger partial charge on any atom is 0.317 e. The van der Waals surface area contributed by atoms with Crippen molar-refractivity contribution in [3.63, 3.8) is 0 Å². The lowest BCUT2D eigenvalue weighted by molar-refractivity contribution is 0.0431. The van der Waals surface area contributed by atoms with Crippen LogP contribution in [0.5, 0.6) is 0 Å². The fraction of sp³-hybridized carbons (Fsp3) is 0.333. The Morgan fingerprint density at radius 2 is 1.91 bits per heavy atom. The molecule has 2 amide bonds. The summed E-state index contributed by atoms with van der Waals surface area (Å²) >= 11 is 6.28. The summed E-state index contributed by atoms with van der Waals surface area (Å²) in [4.78, 5) is 21.6. The van der Waals surface area contributed by atoms with Crippen molar-refractivity contribution >= 4 is 23.3 Å². The molecule has 2 aliphatic rings. The third-order valence-corrected chi connectivity index (χ3v) is 7.51. The van der Waals surface area contributed by atoms with E-state index in [0.717, 1.165) is 35.7 Å². The lowest BCUT2D eigenvalue weighted by Crippen LogP contribution is -2.63. The van der Waals surface area contributed by atoms with E-state index in [-0.39, 0.29) is 29.3 Å². The van der Waals surface area contributed by atoms with Crippen molar-refractivity contribution in [3.8, 4) is 0 Å². The number of pyridine rings is 1. The summed E-state index contributed by atoms with van der Waals surface area (Å²) in [5.41, 5.74) is 3.28. The van der Waals surface area contributed by atoms with Gasteiger partial charge >= 0.3 is 6.03 Å². The van der Waals surface area contributed by atoms with Crippen molar-refractivity contribution in [3.05, 3.63) is 95.0 Å². The second kappa shape index (κ2) is 9.26. The molecule has 0 radical (unpaired) electrons. The van der Waals surface area contributed by atoms with E-state index >= 15 is 0 Å². The molecule has 2 aliphatic heterocycles. The standard InChI is InChI=1S/C27H28ClFN4O/c1-19(20-7-9-23(29)10-8-20)31-26(34)32-14-11-27(12-15-32)18-33(24-6-2-5-22(28)16-24)25(27)21-4-3-13-30-17-21/h2-10,13,16-17,19,25H,11-12,14-15,18H2,1H3,(H,31,34)/t19-,25?/m1/s1. The van der Waals surface area contributed by atoms with Crippen LogP contribution in [0.1, 0.15) is 43.0 Å². The first-order chi connectivity index (χ1) is 16.4. The number of nitrogens with one attached hydrogen (secondary N) is 1. The monoisotopic (exact) mass is 478 g/mol. The molecule has 0 bridgehead atoms. The summed E-state index contributed by atoms with van der Waals surface area (Å²) < 4.78 is 13.2. The predicted octanol–water partition coefficient (Wildman–Crippen LogP) is 5.99. The second-order valence-electron chi connectivity index (χ2n) is 9.37. The van der Waals surface area contributed by atoms with Gasteiger partial charge in [0.15, 0.2) is 0 Å². The number of urea groups is 1. The van der Waals surface area contributed by atoms with E-state index in [0.29, 0.717) is 13.1 Å². The molecule has 34 heavy (non-hydrogen) atoms. The Morgan fingerprint density at radius 1 is 1.15 bits per heavy atom. The van der Waals surface area contributed by atoms with Gasteiger partial charge < -0.3 is 15.1 Å². The number of halogens is 2. The summed E-state index contributed by atoms with van der Waals surface area (Å²) in [7, 11) is 0. The molecule has 1 N–H and O–H groups in total. The molecule has 0 aliphatic carbocycles. The molecule has 2 fully saturated rings. The van der Waals surface area contributed by atoms with Crippen LogP contribution < -0.4 is 10.2 Å². The summed E-state index contributed by atoms with van der Waals surface area (Å²) in [6, 6.07) is 18.3. The highest BCUT2D eigenvalue weighted by molar-refractivity contribution is 6.30. The van der Waals surface area contributed by atoms with Crippen molar-refractivity contribution < 1.29 is 9.18 Å². The first-order valence-electron chi connectivity index (χ1n) is 11.7. The first kappa shape index (κ1) is 22.7. The van der Waals surface area contributed by atoms with Crippen LogP contribution in [0.3, 0.4) is 0 Å². The highest BCUT2D eigenvalue weighted by Crippen LogP contribution is 2.56. The van der Waals surface area contributed by atoms with Crippen LogP contribution in [-0.4, -0.2) is 35.5 Å². The molecule has 1 aromatic heterocycles. The number of nitrogens with zero attached hydrogens (tertiary/aromatic N) is 3. The van der Waals surface area contributed by atoms with Gasteiger partial charge in [0.1, 0.15) is 5.82 Å². The number of anilines is 1. The summed E-state index contributed by atoms with van der Waals surface area (Å²) in [5, 5.41) is 3.79. The Labute approximate surface area is 204 Å². The number of benzene rings is 2. The fourth-order valence-corrected chi connectivity index (χ4v) is 5.58.